The zero-order chi connectivity index (χ0) is 23.6. The number of nitriles is 1. The van der Waals surface area contributed by atoms with Crippen molar-refractivity contribution >= 4 is 21.6 Å². The van der Waals surface area contributed by atoms with Crippen LogP contribution in [0.5, 0.6) is 0 Å². The Labute approximate surface area is 194 Å². The van der Waals surface area contributed by atoms with E-state index in [4.69, 9.17) is 9.78 Å². The maximum Gasteiger partial charge on any atom is 0.248 e. The van der Waals surface area contributed by atoms with Gasteiger partial charge in [-0.3, -0.25) is 4.79 Å². The molecule has 4 rings (SSSR count). The average molecular weight is 472 g/mol. The Morgan fingerprint density at radius 2 is 1.76 bits per heavy atom. The smallest absolute Gasteiger partial charge is 0.248 e. The van der Waals surface area contributed by atoms with Crippen LogP contribution >= 0.6 is 0 Å². The zero-order valence-corrected chi connectivity index (χ0v) is 19.8. The van der Waals surface area contributed by atoms with Gasteiger partial charge in [-0.1, -0.05) is 5.16 Å². The molecule has 0 N–H and O–H groups in total. The van der Waals surface area contributed by atoms with Crippen molar-refractivity contribution in [3.05, 3.63) is 41.3 Å². The van der Waals surface area contributed by atoms with Gasteiger partial charge in [-0.15, -0.1) is 0 Å². The van der Waals surface area contributed by atoms with Gasteiger partial charge < -0.3 is 14.3 Å². The lowest BCUT2D eigenvalue weighted by atomic mass is 9.96. The van der Waals surface area contributed by atoms with E-state index in [1.54, 1.807) is 13.8 Å². The van der Waals surface area contributed by atoms with Crippen molar-refractivity contribution in [2.75, 3.05) is 44.2 Å². The van der Waals surface area contributed by atoms with Crippen LogP contribution in [0.1, 0.15) is 36.3 Å². The molecule has 1 aromatic carbocycles. The van der Waals surface area contributed by atoms with Crippen LogP contribution in [0.15, 0.2) is 33.7 Å². The number of anilines is 1. The summed E-state index contributed by atoms with van der Waals surface area (Å²) in [4.78, 5) is 17.5. The van der Waals surface area contributed by atoms with Crippen molar-refractivity contribution < 1.29 is 17.7 Å². The van der Waals surface area contributed by atoms with Gasteiger partial charge in [0.05, 0.1) is 11.6 Å². The monoisotopic (exact) mass is 471 g/mol. The first-order valence-corrected chi connectivity index (χ1v) is 12.7. The molecule has 1 aromatic heterocycles. The van der Waals surface area contributed by atoms with Gasteiger partial charge in [-0.25, -0.2) is 8.42 Å². The molecule has 2 fully saturated rings. The van der Waals surface area contributed by atoms with Crippen molar-refractivity contribution in [1.29, 1.82) is 5.26 Å². The predicted octanol–water partition coefficient (Wildman–Crippen LogP) is 2.30. The summed E-state index contributed by atoms with van der Waals surface area (Å²) in [7, 11) is -3.68. The van der Waals surface area contributed by atoms with Crippen LogP contribution < -0.4 is 4.90 Å². The van der Waals surface area contributed by atoms with Gasteiger partial charge in [-0.05, 0) is 57.4 Å². The molecule has 2 aliphatic rings. The van der Waals surface area contributed by atoms with Gasteiger partial charge in [0.15, 0.2) is 5.76 Å². The van der Waals surface area contributed by atoms with E-state index in [0.29, 0.717) is 56.0 Å². The van der Waals surface area contributed by atoms with E-state index in [1.165, 1.54) is 4.31 Å². The van der Waals surface area contributed by atoms with E-state index in [-0.39, 0.29) is 16.7 Å². The molecular formula is C23H29N5O4S. The second-order valence-electron chi connectivity index (χ2n) is 8.66. The van der Waals surface area contributed by atoms with E-state index >= 15 is 0 Å². The van der Waals surface area contributed by atoms with E-state index in [0.717, 1.165) is 25.2 Å². The van der Waals surface area contributed by atoms with Crippen LogP contribution in [0.4, 0.5) is 5.69 Å². The highest BCUT2D eigenvalue weighted by Gasteiger charge is 2.36. The van der Waals surface area contributed by atoms with Crippen LogP contribution in [0.25, 0.3) is 0 Å². The Balaban J connectivity index is 1.34. The summed E-state index contributed by atoms with van der Waals surface area (Å²) in [6, 6.07) is 9.66. The molecule has 0 spiro atoms. The maximum absolute atomic E-state index is 13.2. The fraction of sp³-hybridized carbons (Fsp3) is 0.522. The molecule has 2 aromatic rings. The highest BCUT2D eigenvalue weighted by atomic mass is 32.2. The highest BCUT2D eigenvalue weighted by molar-refractivity contribution is 7.89. The lowest BCUT2D eigenvalue weighted by molar-refractivity contribution is -0.136. The van der Waals surface area contributed by atoms with Crippen LogP contribution in [-0.2, 0) is 14.8 Å². The quantitative estimate of drug-likeness (QED) is 0.673. The largest absolute Gasteiger partial charge is 0.370 e. The fourth-order valence-electron chi connectivity index (χ4n) is 4.72. The number of aryl methyl sites for hydroxylation is 2. The third-order valence-corrected chi connectivity index (χ3v) is 8.68. The first-order valence-electron chi connectivity index (χ1n) is 11.3. The van der Waals surface area contributed by atoms with Gasteiger partial charge in [-0.2, -0.15) is 9.57 Å². The number of piperidine rings is 1. The number of hydrogen-bond acceptors (Lipinski definition) is 7. The number of carbonyl (C=O) groups is 1. The molecule has 0 saturated carbocycles. The minimum atomic E-state index is -3.68. The highest BCUT2D eigenvalue weighted by Crippen LogP contribution is 2.29. The molecule has 2 saturated heterocycles. The minimum Gasteiger partial charge on any atom is -0.370 e. The van der Waals surface area contributed by atoms with E-state index < -0.39 is 10.0 Å². The number of aromatic nitrogens is 1. The van der Waals surface area contributed by atoms with Crippen molar-refractivity contribution in [3.63, 3.8) is 0 Å². The molecule has 0 aliphatic carbocycles. The van der Waals surface area contributed by atoms with Gasteiger partial charge in [0.1, 0.15) is 10.6 Å². The summed E-state index contributed by atoms with van der Waals surface area (Å²) in [5.74, 6) is 0.246. The first-order chi connectivity index (χ1) is 15.8. The Morgan fingerprint density at radius 3 is 2.36 bits per heavy atom. The van der Waals surface area contributed by atoms with Crippen LogP contribution in [-0.4, -0.2) is 68.0 Å². The lowest BCUT2D eigenvalue weighted by Crippen LogP contribution is -2.45. The molecule has 0 atom stereocenters. The molecule has 1 amide bonds. The first kappa shape index (κ1) is 23.3. The SMILES string of the molecule is Cc1noc(C)c1S(=O)(=O)N1CCC(C(=O)N2CCCN(c3ccc(C#N)cc3)CC2)CC1. The van der Waals surface area contributed by atoms with Gasteiger partial charge in [0, 0.05) is 50.9 Å². The minimum absolute atomic E-state index is 0.117. The number of nitrogens with zero attached hydrogens (tertiary/aromatic N) is 5. The molecule has 3 heterocycles. The molecule has 176 valence electrons. The summed E-state index contributed by atoms with van der Waals surface area (Å²) >= 11 is 0. The van der Waals surface area contributed by atoms with Crippen molar-refractivity contribution in [2.24, 2.45) is 5.92 Å². The topological polar surface area (TPSA) is 111 Å². The molecule has 10 heteroatoms. The second kappa shape index (κ2) is 9.53. The van der Waals surface area contributed by atoms with Gasteiger partial charge >= 0.3 is 0 Å². The summed E-state index contributed by atoms with van der Waals surface area (Å²) in [5.41, 5.74) is 2.05. The molecular weight excluding hydrogens is 442 g/mol. The Bertz CT molecular complexity index is 1130. The molecule has 0 unspecified atom stereocenters. The van der Waals surface area contributed by atoms with Gasteiger partial charge in [0.25, 0.3) is 0 Å². The third kappa shape index (κ3) is 4.75. The fourth-order valence-corrected chi connectivity index (χ4v) is 6.48. The summed E-state index contributed by atoms with van der Waals surface area (Å²) in [6.07, 6.45) is 1.89. The van der Waals surface area contributed by atoms with Crippen LogP contribution in [0.3, 0.4) is 0 Å². The normalized spacial score (nSPS) is 18.7. The molecule has 9 nitrogen and oxygen atoms in total. The molecule has 0 bridgehead atoms. The lowest BCUT2D eigenvalue weighted by Gasteiger charge is -2.33. The van der Waals surface area contributed by atoms with Crippen molar-refractivity contribution in [2.45, 2.75) is 38.0 Å². The summed E-state index contributed by atoms with van der Waals surface area (Å²) in [5, 5.41) is 12.8. The maximum atomic E-state index is 13.2. The number of amides is 1. The third-order valence-electron chi connectivity index (χ3n) is 6.54. The van der Waals surface area contributed by atoms with Crippen LogP contribution in [0, 0.1) is 31.1 Å². The number of benzene rings is 1. The average Bonchev–Trinajstić information content (AvgIpc) is 3.02. The number of hydrogen-bond donors (Lipinski definition) is 0. The Kier molecular flexibility index (Phi) is 6.72. The predicted molar refractivity (Wildman–Crippen MR) is 122 cm³/mol. The standard InChI is InChI=1S/C23H29N5O4S/c1-17-22(18(2)32-25-17)33(30,31)28-12-8-20(9-13-28)23(29)27-11-3-10-26(14-15-27)21-6-4-19(16-24)5-7-21/h4-7,20H,3,8-15H2,1-2H3. The van der Waals surface area contributed by atoms with Crippen molar-refractivity contribution in [1.82, 2.24) is 14.4 Å². The molecule has 2 aliphatic heterocycles. The van der Waals surface area contributed by atoms with E-state index in [1.807, 2.05) is 29.2 Å². The Hall–Kier alpha value is -2.90. The molecule has 33 heavy (non-hydrogen) atoms. The number of carbonyl (C=O) groups excluding carboxylic acids is 1. The van der Waals surface area contributed by atoms with Gasteiger partial charge in [0.2, 0.25) is 15.9 Å². The second-order valence-corrected chi connectivity index (χ2v) is 10.5. The summed E-state index contributed by atoms with van der Waals surface area (Å²) < 4.78 is 32.5. The zero-order valence-electron chi connectivity index (χ0n) is 19.0. The molecule has 0 radical (unpaired) electrons. The number of rotatable bonds is 4. The van der Waals surface area contributed by atoms with Crippen molar-refractivity contribution in [3.8, 4) is 6.07 Å². The Morgan fingerprint density at radius 1 is 1.06 bits per heavy atom. The van der Waals surface area contributed by atoms with E-state index in [9.17, 15) is 13.2 Å². The van der Waals surface area contributed by atoms with Crippen LogP contribution in [0.2, 0.25) is 0 Å². The number of sulfonamides is 1. The van der Waals surface area contributed by atoms with E-state index in [2.05, 4.69) is 16.1 Å². The summed E-state index contributed by atoms with van der Waals surface area (Å²) in [6.45, 7) is 6.77.